The Kier molecular flexibility index (Phi) is 5.28. The number of hydrogen-bond donors (Lipinski definition) is 2. The minimum Gasteiger partial charge on any atom is -0.334 e. The molecule has 2 aromatic carbocycles. The lowest BCUT2D eigenvalue weighted by Gasteiger charge is -2.09. The number of urea groups is 1. The number of aromatic nitrogens is 3. The molecule has 148 valence electrons. The number of nitrogens with zero attached hydrogens (tertiary/aromatic N) is 3. The predicted molar refractivity (Wildman–Crippen MR) is 118 cm³/mol. The van der Waals surface area contributed by atoms with Gasteiger partial charge in [0.05, 0.1) is 17.2 Å². The second-order valence-corrected chi connectivity index (χ2v) is 7.41. The normalized spacial score (nSPS) is 10.5. The molecule has 0 spiro atoms. The summed E-state index contributed by atoms with van der Waals surface area (Å²) in [5.41, 5.74) is 3.22. The number of terminal acetylenes is 1. The van der Waals surface area contributed by atoms with Gasteiger partial charge in [0.2, 0.25) is 0 Å². The van der Waals surface area contributed by atoms with Gasteiger partial charge in [0.15, 0.2) is 5.01 Å². The highest BCUT2D eigenvalue weighted by Crippen LogP contribution is 2.25. The van der Waals surface area contributed by atoms with Crippen molar-refractivity contribution in [3.05, 3.63) is 75.1 Å². The van der Waals surface area contributed by atoms with E-state index in [2.05, 4.69) is 26.5 Å². The summed E-state index contributed by atoms with van der Waals surface area (Å²) in [5, 5.41) is 8.21. The zero-order valence-electron chi connectivity index (χ0n) is 16.0. The fourth-order valence-electron chi connectivity index (χ4n) is 3.03. The molecule has 0 aliphatic carbocycles. The number of carbonyl (C=O) groups excluding carboxylic acids is 1. The molecule has 2 amide bonds. The molecule has 2 aromatic heterocycles. The van der Waals surface area contributed by atoms with E-state index < -0.39 is 0 Å². The van der Waals surface area contributed by atoms with Gasteiger partial charge in [-0.25, -0.2) is 14.8 Å². The van der Waals surface area contributed by atoms with Crippen molar-refractivity contribution >= 4 is 34.1 Å². The van der Waals surface area contributed by atoms with Crippen molar-refractivity contribution in [2.24, 2.45) is 7.05 Å². The van der Waals surface area contributed by atoms with Crippen LogP contribution in [0.5, 0.6) is 0 Å². The smallest absolute Gasteiger partial charge is 0.320 e. The SMILES string of the molecule is C#Cc1nc(NC(=O)NCc2ccc(-c3cccc4ncn(C)c(=O)c34)cc2)cs1. The highest BCUT2D eigenvalue weighted by Gasteiger charge is 2.10. The summed E-state index contributed by atoms with van der Waals surface area (Å²) in [7, 11) is 1.68. The lowest BCUT2D eigenvalue weighted by atomic mass is 10.00. The summed E-state index contributed by atoms with van der Waals surface area (Å²) in [6.07, 6.45) is 6.80. The first-order valence-corrected chi connectivity index (χ1v) is 9.94. The number of nitrogens with one attached hydrogen (secondary N) is 2. The summed E-state index contributed by atoms with van der Waals surface area (Å²) in [6, 6.07) is 12.9. The molecule has 2 N–H and O–H groups in total. The summed E-state index contributed by atoms with van der Waals surface area (Å²) in [6.45, 7) is 0.344. The van der Waals surface area contributed by atoms with Crippen molar-refractivity contribution < 1.29 is 4.79 Å². The number of benzene rings is 2. The second-order valence-electron chi connectivity index (χ2n) is 6.55. The number of fused-ring (bicyclic) bond motifs is 1. The van der Waals surface area contributed by atoms with Crippen molar-refractivity contribution in [3.8, 4) is 23.5 Å². The molecule has 8 heteroatoms. The fourth-order valence-corrected chi connectivity index (χ4v) is 3.59. The Morgan fingerprint density at radius 1 is 1.23 bits per heavy atom. The summed E-state index contributed by atoms with van der Waals surface area (Å²) >= 11 is 1.29. The van der Waals surface area contributed by atoms with Crippen LogP contribution in [0.2, 0.25) is 0 Å². The molecule has 0 unspecified atom stereocenters. The number of thiazole rings is 1. The molecule has 30 heavy (non-hydrogen) atoms. The lowest BCUT2D eigenvalue weighted by Crippen LogP contribution is -2.28. The average molecular weight is 415 g/mol. The van der Waals surface area contributed by atoms with Gasteiger partial charge in [-0.1, -0.05) is 36.4 Å². The first kappa shape index (κ1) is 19.4. The lowest BCUT2D eigenvalue weighted by molar-refractivity contribution is 0.251. The molecule has 0 aliphatic rings. The van der Waals surface area contributed by atoms with Gasteiger partial charge in [0.1, 0.15) is 5.82 Å². The third-order valence-corrected chi connectivity index (χ3v) is 5.31. The largest absolute Gasteiger partial charge is 0.334 e. The minimum absolute atomic E-state index is 0.0898. The monoisotopic (exact) mass is 415 g/mol. The zero-order valence-corrected chi connectivity index (χ0v) is 16.9. The van der Waals surface area contributed by atoms with E-state index in [0.717, 1.165) is 16.7 Å². The topological polar surface area (TPSA) is 88.9 Å². The number of aryl methyl sites for hydroxylation is 1. The van der Waals surface area contributed by atoms with Crippen LogP contribution in [0.25, 0.3) is 22.0 Å². The summed E-state index contributed by atoms with van der Waals surface area (Å²) < 4.78 is 1.47. The van der Waals surface area contributed by atoms with Gasteiger partial charge in [0.25, 0.3) is 5.56 Å². The van der Waals surface area contributed by atoms with Crippen molar-refractivity contribution in [2.45, 2.75) is 6.54 Å². The Morgan fingerprint density at radius 2 is 2.03 bits per heavy atom. The molecule has 0 saturated heterocycles. The molecule has 7 nitrogen and oxygen atoms in total. The van der Waals surface area contributed by atoms with E-state index in [-0.39, 0.29) is 11.6 Å². The van der Waals surface area contributed by atoms with Crippen LogP contribution in [0.1, 0.15) is 10.6 Å². The fraction of sp³-hybridized carbons (Fsp3) is 0.0909. The van der Waals surface area contributed by atoms with Gasteiger partial charge in [0, 0.05) is 19.0 Å². The van der Waals surface area contributed by atoms with Crippen LogP contribution >= 0.6 is 11.3 Å². The quantitative estimate of drug-likeness (QED) is 0.500. The van der Waals surface area contributed by atoms with Crippen LogP contribution in [0.4, 0.5) is 10.6 Å². The molecule has 0 bridgehead atoms. The second kappa shape index (κ2) is 8.19. The number of rotatable bonds is 4. The first-order chi connectivity index (χ1) is 14.5. The van der Waals surface area contributed by atoms with Crippen LogP contribution in [-0.4, -0.2) is 20.6 Å². The van der Waals surface area contributed by atoms with Gasteiger partial charge in [-0.05, 0) is 28.7 Å². The summed E-state index contributed by atoms with van der Waals surface area (Å²) in [5.74, 6) is 2.85. The van der Waals surface area contributed by atoms with E-state index in [4.69, 9.17) is 6.42 Å². The number of hydrogen-bond acceptors (Lipinski definition) is 5. The van der Waals surface area contributed by atoms with E-state index in [9.17, 15) is 9.59 Å². The number of amides is 2. The molecular weight excluding hydrogens is 398 g/mol. The molecular formula is C22H17N5O2S. The highest BCUT2D eigenvalue weighted by molar-refractivity contribution is 7.10. The van der Waals surface area contributed by atoms with Crippen molar-refractivity contribution in [3.63, 3.8) is 0 Å². The van der Waals surface area contributed by atoms with Gasteiger partial charge < -0.3 is 9.88 Å². The van der Waals surface area contributed by atoms with Crippen LogP contribution in [0.15, 0.2) is 59.0 Å². The molecule has 4 rings (SSSR count). The summed E-state index contributed by atoms with van der Waals surface area (Å²) in [4.78, 5) is 33.0. The van der Waals surface area contributed by atoms with Crippen LogP contribution in [0, 0.1) is 12.3 Å². The van der Waals surface area contributed by atoms with Crippen molar-refractivity contribution in [1.29, 1.82) is 0 Å². The van der Waals surface area contributed by atoms with Crippen LogP contribution in [-0.2, 0) is 13.6 Å². The molecule has 0 aliphatic heterocycles. The van der Waals surface area contributed by atoms with Gasteiger partial charge in [-0.3, -0.25) is 10.1 Å². The van der Waals surface area contributed by atoms with Gasteiger partial charge in [-0.15, -0.1) is 17.8 Å². The maximum absolute atomic E-state index is 12.6. The van der Waals surface area contributed by atoms with E-state index in [1.165, 1.54) is 22.2 Å². The number of anilines is 1. The van der Waals surface area contributed by atoms with E-state index in [1.54, 1.807) is 12.4 Å². The first-order valence-electron chi connectivity index (χ1n) is 9.06. The van der Waals surface area contributed by atoms with Crippen molar-refractivity contribution in [1.82, 2.24) is 19.9 Å². The Bertz CT molecular complexity index is 1330. The maximum atomic E-state index is 12.6. The van der Waals surface area contributed by atoms with E-state index in [0.29, 0.717) is 28.3 Å². The molecule has 0 radical (unpaired) electrons. The Hall–Kier alpha value is -3.96. The predicted octanol–water partition coefficient (Wildman–Crippen LogP) is 3.36. The van der Waals surface area contributed by atoms with Gasteiger partial charge in [-0.2, -0.15) is 0 Å². The van der Waals surface area contributed by atoms with Gasteiger partial charge >= 0.3 is 6.03 Å². The van der Waals surface area contributed by atoms with Crippen LogP contribution in [0.3, 0.4) is 0 Å². The Morgan fingerprint density at radius 3 is 2.77 bits per heavy atom. The molecule has 0 saturated carbocycles. The number of carbonyl (C=O) groups is 1. The zero-order chi connectivity index (χ0) is 21.1. The van der Waals surface area contributed by atoms with Crippen LogP contribution < -0.4 is 16.2 Å². The third-order valence-electron chi connectivity index (χ3n) is 4.53. The third kappa shape index (κ3) is 3.92. The highest BCUT2D eigenvalue weighted by atomic mass is 32.1. The van der Waals surface area contributed by atoms with Crippen molar-refractivity contribution in [2.75, 3.05) is 5.32 Å². The van der Waals surface area contributed by atoms with E-state index in [1.807, 2.05) is 42.5 Å². The van der Waals surface area contributed by atoms with E-state index >= 15 is 0 Å². The standard InChI is InChI=1S/C22H17N5O2S/c1-3-19-25-18(12-30-19)26-22(29)23-11-14-7-9-15(10-8-14)16-5-4-6-17-20(16)21(28)27(2)13-24-17/h1,4-10,12-13H,11H2,2H3,(H2,23,26,29). The Balaban J connectivity index is 1.48. The molecule has 4 aromatic rings. The molecule has 0 atom stereocenters. The molecule has 2 heterocycles. The molecule has 0 fully saturated rings. The maximum Gasteiger partial charge on any atom is 0.320 e. The minimum atomic E-state index is -0.364. The Labute approximate surface area is 176 Å². The average Bonchev–Trinajstić information content (AvgIpc) is 3.22.